The number of hydrogen-bond donors (Lipinski definition) is 1. The average Bonchev–Trinajstić information content (AvgIpc) is 3.39. The summed E-state index contributed by atoms with van der Waals surface area (Å²) in [5.74, 6) is 1.40. The molecule has 0 amide bonds. The highest BCUT2D eigenvalue weighted by Crippen LogP contribution is 2.29. The second-order valence-corrected chi connectivity index (χ2v) is 8.37. The zero-order valence-electron chi connectivity index (χ0n) is 17.6. The summed E-state index contributed by atoms with van der Waals surface area (Å²) < 4.78 is 9.40. The Morgan fingerprint density at radius 2 is 1.94 bits per heavy atom. The zero-order valence-corrected chi connectivity index (χ0v) is 17.6. The third kappa shape index (κ3) is 3.34. The lowest BCUT2D eigenvalue weighted by Gasteiger charge is -2.44. The van der Waals surface area contributed by atoms with E-state index < -0.39 is 0 Å². The fraction of sp³-hybridized carbons (Fsp3) is 0.455. The molecular weight excluding hydrogens is 392 g/mol. The van der Waals surface area contributed by atoms with Gasteiger partial charge in [0, 0.05) is 60.6 Å². The average molecular weight is 419 g/mol. The van der Waals surface area contributed by atoms with Gasteiger partial charge in [-0.3, -0.25) is 9.30 Å². The number of anilines is 1. The number of ether oxygens (including phenoxy) is 1. The number of nitrogens with zero attached hydrogens (tertiary/aromatic N) is 7. The van der Waals surface area contributed by atoms with Crippen LogP contribution in [-0.2, 0) is 11.2 Å². The number of fused-ring (bicyclic) bond motifs is 2. The van der Waals surface area contributed by atoms with Crippen molar-refractivity contribution in [2.24, 2.45) is 0 Å². The van der Waals surface area contributed by atoms with Crippen LogP contribution in [0.3, 0.4) is 0 Å². The Hall–Kier alpha value is -3.04. The van der Waals surface area contributed by atoms with E-state index in [0.717, 1.165) is 73.7 Å². The van der Waals surface area contributed by atoms with Crippen LogP contribution in [-0.4, -0.2) is 72.3 Å². The molecule has 0 atom stereocenters. The molecule has 5 heterocycles. The molecule has 2 aliphatic rings. The van der Waals surface area contributed by atoms with Gasteiger partial charge >= 0.3 is 0 Å². The van der Waals surface area contributed by atoms with Gasteiger partial charge in [0.1, 0.15) is 0 Å². The zero-order chi connectivity index (χ0) is 20.8. The predicted molar refractivity (Wildman–Crippen MR) is 117 cm³/mol. The lowest BCUT2D eigenvalue weighted by molar-refractivity contribution is -0.00443. The highest BCUT2D eigenvalue weighted by molar-refractivity contribution is 5.79. The first-order valence-electron chi connectivity index (χ1n) is 11.0. The second-order valence-electron chi connectivity index (χ2n) is 8.37. The van der Waals surface area contributed by atoms with Gasteiger partial charge in [-0.25, -0.2) is 19.5 Å². The Bertz CT molecular complexity index is 1220. The highest BCUT2D eigenvalue weighted by Gasteiger charge is 2.34. The molecule has 31 heavy (non-hydrogen) atoms. The van der Waals surface area contributed by atoms with Crippen molar-refractivity contribution in [1.82, 2.24) is 33.9 Å². The molecule has 1 N–H and O–H groups in total. The Morgan fingerprint density at radius 1 is 1.10 bits per heavy atom. The standard InChI is InChI=1S/C22H26N8O/c1-2-17-12-25-22-24-11-15(14-29(17)22)19-3-4-30-20(19)13-23-21(27-30)26-16-9-18(10-16)28-5-7-31-8-6-28/h3-4,11-14,16,18H,2,5-10H2,1H3,(H,26,27)/t16-,18-. The van der Waals surface area contributed by atoms with Crippen molar-refractivity contribution in [2.75, 3.05) is 31.6 Å². The number of aromatic nitrogens is 6. The van der Waals surface area contributed by atoms with E-state index in [0.29, 0.717) is 18.0 Å². The van der Waals surface area contributed by atoms with Crippen LogP contribution in [0.25, 0.3) is 22.4 Å². The third-order valence-corrected chi connectivity index (χ3v) is 6.54. The molecule has 0 unspecified atom stereocenters. The van der Waals surface area contributed by atoms with Gasteiger partial charge in [-0.05, 0) is 25.3 Å². The van der Waals surface area contributed by atoms with E-state index in [9.17, 15) is 0 Å². The van der Waals surface area contributed by atoms with Gasteiger partial charge < -0.3 is 10.1 Å². The maximum Gasteiger partial charge on any atom is 0.241 e. The number of nitrogens with one attached hydrogen (secondary N) is 1. The summed E-state index contributed by atoms with van der Waals surface area (Å²) in [7, 11) is 0. The molecule has 1 aliphatic heterocycles. The maximum absolute atomic E-state index is 5.46. The van der Waals surface area contributed by atoms with E-state index in [2.05, 4.69) is 53.9 Å². The molecule has 160 valence electrons. The molecule has 1 saturated heterocycles. The Balaban J connectivity index is 1.19. The Kier molecular flexibility index (Phi) is 4.57. The van der Waals surface area contributed by atoms with Crippen molar-refractivity contribution in [1.29, 1.82) is 0 Å². The number of hydrogen-bond acceptors (Lipinski definition) is 7. The molecule has 1 saturated carbocycles. The molecule has 4 aromatic heterocycles. The van der Waals surface area contributed by atoms with Crippen molar-refractivity contribution in [2.45, 2.75) is 38.3 Å². The fourth-order valence-electron chi connectivity index (χ4n) is 4.66. The van der Waals surface area contributed by atoms with Gasteiger partial charge in [0.25, 0.3) is 0 Å². The summed E-state index contributed by atoms with van der Waals surface area (Å²) in [6.07, 6.45) is 12.9. The van der Waals surface area contributed by atoms with Crippen molar-refractivity contribution < 1.29 is 4.74 Å². The summed E-state index contributed by atoms with van der Waals surface area (Å²) in [6.45, 7) is 5.93. The van der Waals surface area contributed by atoms with Gasteiger partial charge in [0.15, 0.2) is 0 Å². The van der Waals surface area contributed by atoms with E-state index >= 15 is 0 Å². The van der Waals surface area contributed by atoms with Crippen LogP contribution in [0.5, 0.6) is 0 Å². The molecule has 0 aromatic carbocycles. The van der Waals surface area contributed by atoms with E-state index in [1.165, 1.54) is 0 Å². The van der Waals surface area contributed by atoms with Crippen LogP contribution >= 0.6 is 0 Å². The van der Waals surface area contributed by atoms with Crippen LogP contribution < -0.4 is 5.32 Å². The van der Waals surface area contributed by atoms with Gasteiger partial charge in [-0.1, -0.05) is 6.92 Å². The minimum Gasteiger partial charge on any atom is -0.379 e. The van der Waals surface area contributed by atoms with Crippen molar-refractivity contribution in [3.8, 4) is 11.1 Å². The molecule has 6 rings (SSSR count). The number of morpholine rings is 1. The number of imidazole rings is 1. The second kappa shape index (κ2) is 7.58. The normalized spacial score (nSPS) is 22.1. The topological polar surface area (TPSA) is 84.9 Å². The molecule has 2 fully saturated rings. The number of rotatable bonds is 5. The van der Waals surface area contributed by atoms with E-state index in [4.69, 9.17) is 4.74 Å². The molecule has 9 heteroatoms. The third-order valence-electron chi connectivity index (χ3n) is 6.54. The largest absolute Gasteiger partial charge is 0.379 e. The molecule has 0 radical (unpaired) electrons. The first-order valence-corrected chi connectivity index (χ1v) is 11.0. The quantitative estimate of drug-likeness (QED) is 0.532. The summed E-state index contributed by atoms with van der Waals surface area (Å²) in [5.41, 5.74) is 4.20. The molecule has 1 aliphatic carbocycles. The lowest BCUT2D eigenvalue weighted by atomic mass is 9.85. The van der Waals surface area contributed by atoms with Crippen LogP contribution in [0.1, 0.15) is 25.5 Å². The smallest absolute Gasteiger partial charge is 0.241 e. The monoisotopic (exact) mass is 418 g/mol. The summed E-state index contributed by atoms with van der Waals surface area (Å²) in [5, 5.41) is 8.19. The van der Waals surface area contributed by atoms with E-state index in [1.807, 2.05) is 29.3 Å². The Labute approximate surface area is 180 Å². The molecular formula is C22H26N8O. The van der Waals surface area contributed by atoms with E-state index in [-0.39, 0.29) is 0 Å². The van der Waals surface area contributed by atoms with Gasteiger partial charge in [-0.15, -0.1) is 5.10 Å². The first-order chi connectivity index (χ1) is 15.3. The summed E-state index contributed by atoms with van der Waals surface area (Å²) in [6, 6.07) is 3.15. The van der Waals surface area contributed by atoms with Gasteiger partial charge in [-0.2, -0.15) is 0 Å². The van der Waals surface area contributed by atoms with Gasteiger partial charge in [0.05, 0.1) is 31.1 Å². The summed E-state index contributed by atoms with van der Waals surface area (Å²) >= 11 is 0. The highest BCUT2D eigenvalue weighted by atomic mass is 16.5. The van der Waals surface area contributed by atoms with Crippen molar-refractivity contribution in [3.63, 3.8) is 0 Å². The van der Waals surface area contributed by atoms with Crippen LogP contribution in [0.15, 0.2) is 37.1 Å². The van der Waals surface area contributed by atoms with Crippen molar-refractivity contribution in [3.05, 3.63) is 42.7 Å². The molecule has 9 nitrogen and oxygen atoms in total. The Morgan fingerprint density at radius 3 is 2.77 bits per heavy atom. The minimum atomic E-state index is 0.431. The van der Waals surface area contributed by atoms with E-state index in [1.54, 1.807) is 0 Å². The van der Waals surface area contributed by atoms with Crippen LogP contribution in [0.2, 0.25) is 0 Å². The first kappa shape index (κ1) is 18.7. The summed E-state index contributed by atoms with van der Waals surface area (Å²) in [4.78, 5) is 16.0. The van der Waals surface area contributed by atoms with Gasteiger partial charge in [0.2, 0.25) is 11.7 Å². The molecule has 0 bridgehead atoms. The SMILES string of the molecule is CCc1cnc2ncc(-c3ccn4nc(N[C@H]5C[C@H](N6CCOCC6)C5)ncc34)cn12. The number of aryl methyl sites for hydroxylation is 1. The fourth-order valence-corrected chi connectivity index (χ4v) is 4.66. The predicted octanol–water partition coefficient (Wildman–Crippen LogP) is 2.28. The van der Waals surface area contributed by atoms with Crippen LogP contribution in [0.4, 0.5) is 5.95 Å². The maximum atomic E-state index is 5.46. The van der Waals surface area contributed by atoms with Crippen molar-refractivity contribution >= 4 is 17.2 Å². The molecule has 4 aromatic rings. The minimum absolute atomic E-state index is 0.431. The lowest BCUT2D eigenvalue weighted by Crippen LogP contribution is -2.53. The van der Waals surface area contributed by atoms with Crippen LogP contribution in [0, 0.1) is 0 Å². The molecule has 0 spiro atoms.